The average Bonchev–Trinajstić information content (AvgIpc) is 2.46. The van der Waals surface area contributed by atoms with E-state index in [2.05, 4.69) is 67.7 Å². The van der Waals surface area contributed by atoms with Crippen molar-refractivity contribution in [1.82, 2.24) is 10.2 Å². The molecule has 0 aliphatic rings. The van der Waals surface area contributed by atoms with Crippen molar-refractivity contribution in [3.05, 3.63) is 35.9 Å². The fourth-order valence-electron chi connectivity index (χ4n) is 2.54. The summed E-state index contributed by atoms with van der Waals surface area (Å²) >= 11 is 1.92. The van der Waals surface area contributed by atoms with Gasteiger partial charge in [0.25, 0.3) is 0 Å². The third-order valence-electron chi connectivity index (χ3n) is 3.62. The first-order chi connectivity index (χ1) is 9.69. The van der Waals surface area contributed by atoms with Gasteiger partial charge in [-0.05, 0) is 37.8 Å². The predicted octanol–water partition coefficient (Wildman–Crippen LogP) is 3.66. The molecule has 0 fully saturated rings. The summed E-state index contributed by atoms with van der Waals surface area (Å²) in [5.41, 5.74) is 1.41. The van der Waals surface area contributed by atoms with Gasteiger partial charge in [-0.15, -0.1) is 0 Å². The summed E-state index contributed by atoms with van der Waals surface area (Å²) in [5, 5.41) is 3.72. The van der Waals surface area contributed by atoms with Gasteiger partial charge >= 0.3 is 0 Å². The van der Waals surface area contributed by atoms with E-state index in [1.54, 1.807) is 0 Å². The first-order valence-electron chi connectivity index (χ1n) is 7.64. The summed E-state index contributed by atoms with van der Waals surface area (Å²) < 4.78 is 0. The van der Waals surface area contributed by atoms with Crippen LogP contribution >= 0.6 is 11.8 Å². The summed E-state index contributed by atoms with van der Waals surface area (Å²) in [6, 6.07) is 11.3. The summed E-state index contributed by atoms with van der Waals surface area (Å²) in [4.78, 5) is 2.45. The normalized spacial score (nSPS) is 14.4. The third kappa shape index (κ3) is 6.29. The van der Waals surface area contributed by atoms with E-state index in [9.17, 15) is 0 Å². The molecule has 2 nitrogen and oxygen atoms in total. The van der Waals surface area contributed by atoms with Crippen LogP contribution in [0.2, 0.25) is 0 Å². The Hall–Kier alpha value is -0.510. The summed E-state index contributed by atoms with van der Waals surface area (Å²) in [5.74, 6) is 1.82. The van der Waals surface area contributed by atoms with Crippen molar-refractivity contribution in [3.8, 4) is 0 Å². The zero-order chi connectivity index (χ0) is 14.8. The van der Waals surface area contributed by atoms with Gasteiger partial charge in [0.2, 0.25) is 0 Å². The Kier molecular flexibility index (Phi) is 8.99. The molecule has 1 rings (SSSR count). The number of rotatable bonds is 10. The van der Waals surface area contributed by atoms with Crippen molar-refractivity contribution in [1.29, 1.82) is 0 Å². The number of hydrogen-bond acceptors (Lipinski definition) is 3. The quantitative estimate of drug-likeness (QED) is 0.709. The van der Waals surface area contributed by atoms with Crippen LogP contribution in [0.4, 0.5) is 0 Å². The molecule has 0 aliphatic heterocycles. The van der Waals surface area contributed by atoms with Gasteiger partial charge in [0, 0.05) is 24.9 Å². The highest BCUT2D eigenvalue weighted by Crippen LogP contribution is 2.22. The Bertz CT molecular complexity index is 342. The van der Waals surface area contributed by atoms with Crippen LogP contribution in [0.15, 0.2) is 30.3 Å². The molecule has 0 spiro atoms. The molecule has 0 bridgehead atoms. The maximum atomic E-state index is 3.72. The van der Waals surface area contributed by atoms with E-state index in [0.29, 0.717) is 12.0 Å². The lowest BCUT2D eigenvalue weighted by Crippen LogP contribution is -2.35. The van der Waals surface area contributed by atoms with Crippen LogP contribution in [0.5, 0.6) is 0 Å². The molecule has 3 heteroatoms. The van der Waals surface area contributed by atoms with Gasteiger partial charge in [-0.1, -0.05) is 44.2 Å². The Balaban J connectivity index is 2.62. The molecule has 2 unspecified atom stereocenters. The van der Waals surface area contributed by atoms with Gasteiger partial charge < -0.3 is 10.2 Å². The van der Waals surface area contributed by atoms with Crippen LogP contribution in [0, 0.1) is 5.92 Å². The smallest absolute Gasteiger partial charge is 0.0358 e. The van der Waals surface area contributed by atoms with E-state index in [1.807, 2.05) is 11.8 Å². The third-order valence-corrected chi connectivity index (χ3v) is 4.21. The SMILES string of the molecule is CCCNC(c1ccccc1)C(C)CN(C)CCSC. The predicted molar refractivity (Wildman–Crippen MR) is 92.5 cm³/mol. The first kappa shape index (κ1) is 17.5. The second kappa shape index (κ2) is 10.3. The van der Waals surface area contributed by atoms with Crippen LogP contribution < -0.4 is 5.32 Å². The lowest BCUT2D eigenvalue weighted by Gasteiger charge is -2.29. The molecule has 2 atom stereocenters. The van der Waals surface area contributed by atoms with E-state index in [-0.39, 0.29) is 0 Å². The van der Waals surface area contributed by atoms with Crippen LogP contribution in [0.3, 0.4) is 0 Å². The Morgan fingerprint density at radius 2 is 1.95 bits per heavy atom. The number of thioether (sulfide) groups is 1. The minimum absolute atomic E-state index is 0.452. The van der Waals surface area contributed by atoms with Gasteiger partial charge in [0.05, 0.1) is 0 Å². The second-order valence-electron chi connectivity index (χ2n) is 5.57. The fourth-order valence-corrected chi connectivity index (χ4v) is 3.04. The monoisotopic (exact) mass is 294 g/mol. The highest BCUT2D eigenvalue weighted by molar-refractivity contribution is 7.98. The van der Waals surface area contributed by atoms with Gasteiger partial charge in [-0.25, -0.2) is 0 Å². The van der Waals surface area contributed by atoms with Crippen LogP contribution in [-0.4, -0.2) is 43.6 Å². The molecular formula is C17H30N2S. The minimum Gasteiger partial charge on any atom is -0.310 e. The molecule has 1 aromatic rings. The Labute approximate surface area is 129 Å². The molecule has 0 radical (unpaired) electrons. The van der Waals surface area contributed by atoms with Gasteiger partial charge in [-0.2, -0.15) is 11.8 Å². The zero-order valence-corrected chi connectivity index (χ0v) is 14.2. The largest absolute Gasteiger partial charge is 0.310 e. The van der Waals surface area contributed by atoms with Crippen LogP contribution in [0.25, 0.3) is 0 Å². The van der Waals surface area contributed by atoms with E-state index in [1.165, 1.54) is 24.3 Å². The first-order valence-corrected chi connectivity index (χ1v) is 9.04. The summed E-state index contributed by atoms with van der Waals surface area (Å²) in [6.07, 6.45) is 3.35. The molecule has 114 valence electrons. The zero-order valence-electron chi connectivity index (χ0n) is 13.4. The molecule has 0 aromatic heterocycles. The van der Waals surface area contributed by atoms with Crippen LogP contribution in [-0.2, 0) is 0 Å². The minimum atomic E-state index is 0.452. The Morgan fingerprint density at radius 1 is 1.25 bits per heavy atom. The van der Waals surface area contributed by atoms with E-state index in [0.717, 1.165) is 13.1 Å². The van der Waals surface area contributed by atoms with Crippen molar-refractivity contribution < 1.29 is 0 Å². The number of benzene rings is 1. The number of nitrogens with zero attached hydrogens (tertiary/aromatic N) is 1. The summed E-state index contributed by atoms with van der Waals surface area (Å²) in [7, 11) is 2.23. The van der Waals surface area contributed by atoms with Gasteiger partial charge in [0.15, 0.2) is 0 Å². The molecule has 1 aromatic carbocycles. The number of nitrogens with one attached hydrogen (secondary N) is 1. The van der Waals surface area contributed by atoms with Gasteiger partial charge in [0.1, 0.15) is 0 Å². The molecule has 0 saturated carbocycles. The highest BCUT2D eigenvalue weighted by Gasteiger charge is 2.19. The molecule has 0 saturated heterocycles. The molecular weight excluding hydrogens is 264 g/mol. The molecule has 0 heterocycles. The van der Waals surface area contributed by atoms with Crippen molar-refractivity contribution in [2.75, 3.05) is 38.7 Å². The lowest BCUT2D eigenvalue weighted by atomic mass is 9.94. The van der Waals surface area contributed by atoms with E-state index >= 15 is 0 Å². The van der Waals surface area contributed by atoms with Crippen molar-refractivity contribution in [2.45, 2.75) is 26.3 Å². The Morgan fingerprint density at radius 3 is 2.55 bits per heavy atom. The molecule has 0 aliphatic carbocycles. The number of hydrogen-bond donors (Lipinski definition) is 1. The average molecular weight is 295 g/mol. The lowest BCUT2D eigenvalue weighted by molar-refractivity contribution is 0.257. The fraction of sp³-hybridized carbons (Fsp3) is 0.647. The van der Waals surface area contributed by atoms with Crippen molar-refractivity contribution >= 4 is 11.8 Å². The standard InChI is InChI=1S/C17H30N2S/c1-5-11-18-17(16-9-7-6-8-10-16)15(2)14-19(3)12-13-20-4/h6-10,15,17-18H,5,11-14H2,1-4H3. The van der Waals surface area contributed by atoms with E-state index in [4.69, 9.17) is 0 Å². The maximum Gasteiger partial charge on any atom is 0.0358 e. The molecule has 0 amide bonds. The van der Waals surface area contributed by atoms with Crippen molar-refractivity contribution in [2.24, 2.45) is 5.92 Å². The highest BCUT2D eigenvalue weighted by atomic mass is 32.2. The van der Waals surface area contributed by atoms with Crippen molar-refractivity contribution in [3.63, 3.8) is 0 Å². The molecule has 1 N–H and O–H groups in total. The van der Waals surface area contributed by atoms with Gasteiger partial charge in [-0.3, -0.25) is 0 Å². The maximum absolute atomic E-state index is 3.72. The molecule has 20 heavy (non-hydrogen) atoms. The second-order valence-corrected chi connectivity index (χ2v) is 6.56. The van der Waals surface area contributed by atoms with E-state index < -0.39 is 0 Å². The summed E-state index contributed by atoms with van der Waals surface area (Å²) in [6.45, 7) is 7.97. The van der Waals surface area contributed by atoms with Crippen LogP contribution in [0.1, 0.15) is 31.9 Å². The topological polar surface area (TPSA) is 15.3 Å².